The number of fused-ring (bicyclic) bond motifs is 9. The zero-order valence-corrected chi connectivity index (χ0v) is 27.6. The molecule has 2 aliphatic rings. The fraction of sp³-hybridized carbons (Fsp3) is 0.0217. The number of hydrogen-bond acceptors (Lipinski definition) is 2. The molecular formula is C46H30N5+. The van der Waals surface area contributed by atoms with E-state index in [1.165, 1.54) is 49.3 Å². The van der Waals surface area contributed by atoms with Gasteiger partial charge >= 0.3 is 0 Å². The fourth-order valence-corrected chi connectivity index (χ4v) is 8.45. The molecule has 1 aliphatic heterocycles. The van der Waals surface area contributed by atoms with Gasteiger partial charge in [0, 0.05) is 87.4 Å². The van der Waals surface area contributed by atoms with Crippen LogP contribution >= 0.6 is 0 Å². The van der Waals surface area contributed by atoms with Crippen LogP contribution < -0.4 is 4.58 Å². The number of rotatable bonds is 4. The van der Waals surface area contributed by atoms with E-state index in [9.17, 15) is 0 Å². The number of nitrogens with zero attached hydrogens (tertiary/aromatic N) is 5. The molecule has 0 radical (unpaired) electrons. The molecule has 1 unspecified atom stereocenters. The molecule has 0 fully saturated rings. The number of hydrogen-bond donors (Lipinski definition) is 0. The number of allylic oxidation sites excluding steroid dienone is 4. The summed E-state index contributed by atoms with van der Waals surface area (Å²) in [4.78, 5) is 8.94. The van der Waals surface area contributed by atoms with Crippen molar-refractivity contribution in [3.05, 3.63) is 176 Å². The highest BCUT2D eigenvalue weighted by Crippen LogP contribution is 2.48. The van der Waals surface area contributed by atoms with Crippen molar-refractivity contribution in [1.29, 1.82) is 0 Å². The highest BCUT2D eigenvalue weighted by Gasteiger charge is 2.38. The molecular weight excluding hydrogens is 623 g/mol. The monoisotopic (exact) mass is 652 g/mol. The van der Waals surface area contributed by atoms with Crippen LogP contribution in [0.2, 0.25) is 0 Å². The van der Waals surface area contributed by atoms with Crippen LogP contribution in [0.5, 0.6) is 0 Å². The zero-order chi connectivity index (χ0) is 33.5. The molecule has 0 bridgehead atoms. The highest BCUT2D eigenvalue weighted by molar-refractivity contribution is 6.28. The summed E-state index contributed by atoms with van der Waals surface area (Å²) in [7, 11) is 0. The first-order valence-electron chi connectivity index (χ1n) is 17.4. The Morgan fingerprint density at radius 2 is 1.27 bits per heavy atom. The van der Waals surface area contributed by atoms with Crippen LogP contribution in [0.3, 0.4) is 0 Å². The predicted molar refractivity (Wildman–Crippen MR) is 210 cm³/mol. The van der Waals surface area contributed by atoms with E-state index in [0.717, 1.165) is 39.3 Å². The molecule has 51 heavy (non-hydrogen) atoms. The van der Waals surface area contributed by atoms with Gasteiger partial charge in [-0.2, -0.15) is 4.58 Å². The maximum Gasteiger partial charge on any atom is 0.235 e. The average Bonchev–Trinajstić information content (AvgIpc) is 3.73. The number of aromatic nitrogens is 4. The SMILES string of the molecule is C1=CC2=[N+](c3cc(-c4cccnc4)cc(-c4cccnc4)c3)c3cccc4c5ccc6c(c7ccccc7n6-c6ccccc6)c5n(c34)C2C=C1. The third-order valence-electron chi connectivity index (χ3n) is 10.5. The van der Waals surface area contributed by atoms with Crippen LogP contribution in [-0.4, -0.2) is 24.8 Å². The maximum atomic E-state index is 4.47. The summed E-state index contributed by atoms with van der Waals surface area (Å²) in [5.41, 5.74) is 13.9. The van der Waals surface area contributed by atoms with Crippen LogP contribution in [0.1, 0.15) is 6.04 Å². The topological polar surface area (TPSA) is 38.6 Å². The van der Waals surface area contributed by atoms with E-state index in [1.807, 2.05) is 36.9 Å². The zero-order valence-electron chi connectivity index (χ0n) is 27.6. The summed E-state index contributed by atoms with van der Waals surface area (Å²) in [6.45, 7) is 0. The molecule has 5 nitrogen and oxygen atoms in total. The van der Waals surface area contributed by atoms with Crippen LogP contribution in [0.4, 0.5) is 11.4 Å². The van der Waals surface area contributed by atoms with Crippen molar-refractivity contribution < 1.29 is 0 Å². The Bertz CT molecular complexity index is 2890. The van der Waals surface area contributed by atoms with E-state index in [4.69, 9.17) is 0 Å². The van der Waals surface area contributed by atoms with Crippen LogP contribution in [0, 0.1) is 0 Å². The fourth-order valence-electron chi connectivity index (χ4n) is 8.45. The molecule has 0 saturated heterocycles. The first-order valence-corrected chi connectivity index (χ1v) is 17.4. The minimum Gasteiger partial charge on any atom is -0.317 e. The van der Waals surface area contributed by atoms with Gasteiger partial charge in [0.1, 0.15) is 11.6 Å². The molecule has 0 spiro atoms. The Balaban J connectivity index is 1.25. The van der Waals surface area contributed by atoms with Crippen LogP contribution in [-0.2, 0) is 0 Å². The smallest absolute Gasteiger partial charge is 0.235 e. The Labute approximate surface area is 294 Å². The Kier molecular flexibility index (Phi) is 5.95. The second-order valence-electron chi connectivity index (χ2n) is 13.3. The molecule has 5 heterocycles. The van der Waals surface area contributed by atoms with Gasteiger partial charge in [0.05, 0.1) is 16.6 Å². The number of benzene rings is 5. The number of pyridine rings is 2. The van der Waals surface area contributed by atoms with Gasteiger partial charge in [-0.05, 0) is 53.6 Å². The minimum atomic E-state index is -0.0155. The largest absolute Gasteiger partial charge is 0.317 e. The minimum absolute atomic E-state index is 0.0155. The van der Waals surface area contributed by atoms with Gasteiger partial charge in [0.25, 0.3) is 0 Å². The summed E-state index contributed by atoms with van der Waals surface area (Å²) in [6, 6.07) is 46.1. The average molecular weight is 653 g/mol. The Morgan fingerprint density at radius 1 is 0.549 bits per heavy atom. The summed E-state index contributed by atoms with van der Waals surface area (Å²) in [6.07, 6.45) is 16.5. The lowest BCUT2D eigenvalue weighted by molar-refractivity contribution is 0.783. The van der Waals surface area contributed by atoms with Gasteiger partial charge in [-0.25, -0.2) is 0 Å². The first-order chi connectivity index (χ1) is 25.3. The van der Waals surface area contributed by atoms with Crippen molar-refractivity contribution in [2.24, 2.45) is 0 Å². The molecule has 4 aromatic heterocycles. The molecule has 0 N–H and O–H groups in total. The molecule has 238 valence electrons. The van der Waals surface area contributed by atoms with Crippen LogP contribution in [0.15, 0.2) is 176 Å². The molecule has 5 aromatic carbocycles. The lowest BCUT2D eigenvalue weighted by Crippen LogP contribution is -2.30. The Hall–Kier alpha value is -6.85. The lowest BCUT2D eigenvalue weighted by atomic mass is 9.97. The maximum absolute atomic E-state index is 4.47. The summed E-state index contributed by atoms with van der Waals surface area (Å²) < 4.78 is 7.48. The van der Waals surface area contributed by atoms with E-state index in [0.29, 0.717) is 0 Å². The van der Waals surface area contributed by atoms with Gasteiger partial charge in [-0.15, -0.1) is 0 Å². The van der Waals surface area contributed by atoms with Crippen molar-refractivity contribution in [2.45, 2.75) is 6.04 Å². The van der Waals surface area contributed by atoms with Gasteiger partial charge in [0.15, 0.2) is 0 Å². The van der Waals surface area contributed by atoms with Gasteiger partial charge in [0.2, 0.25) is 17.1 Å². The summed E-state index contributed by atoms with van der Waals surface area (Å²) >= 11 is 0. The molecule has 0 amide bonds. The standard InChI is InChI=1S/C46H30N5/c1-2-13-34(14-3-1)49-39-17-5-4-15-38(39)44-42(49)22-21-37-36-16-8-20-43-45(36)51(46(37)44)41-19-7-6-18-40(41)50(43)35-26-32(30-11-9-23-47-28-30)25-33(27-35)31-12-10-24-48-29-31/h1-29,41H/q+1. The molecule has 5 heteroatoms. The van der Waals surface area contributed by atoms with Gasteiger partial charge < -0.3 is 9.13 Å². The first kappa shape index (κ1) is 28.0. The van der Waals surface area contributed by atoms with Gasteiger partial charge in [-0.1, -0.05) is 85.0 Å². The second-order valence-corrected chi connectivity index (χ2v) is 13.3. The highest BCUT2D eigenvalue weighted by atomic mass is 15.2. The number of para-hydroxylation sites is 3. The third kappa shape index (κ3) is 4.06. The van der Waals surface area contributed by atoms with E-state index >= 15 is 0 Å². The van der Waals surface area contributed by atoms with E-state index < -0.39 is 0 Å². The second kappa shape index (κ2) is 10.8. The van der Waals surface area contributed by atoms with Crippen LogP contribution in [0.25, 0.3) is 71.6 Å². The summed E-state index contributed by atoms with van der Waals surface area (Å²) in [5, 5.41) is 5.05. The Morgan fingerprint density at radius 3 is 2.04 bits per heavy atom. The van der Waals surface area contributed by atoms with Gasteiger partial charge in [-0.3, -0.25) is 9.97 Å². The van der Waals surface area contributed by atoms with E-state index in [-0.39, 0.29) is 6.04 Å². The molecule has 11 rings (SSSR count). The third-order valence-corrected chi connectivity index (χ3v) is 10.5. The normalized spacial score (nSPS) is 15.0. The van der Waals surface area contributed by atoms with Crippen molar-refractivity contribution in [3.63, 3.8) is 0 Å². The van der Waals surface area contributed by atoms with Crippen molar-refractivity contribution in [2.75, 3.05) is 0 Å². The van der Waals surface area contributed by atoms with E-state index in [1.54, 1.807) is 0 Å². The predicted octanol–water partition coefficient (Wildman–Crippen LogP) is 11.0. The summed E-state index contributed by atoms with van der Waals surface area (Å²) in [5.74, 6) is 0. The quantitative estimate of drug-likeness (QED) is 0.178. The molecule has 9 aromatic rings. The molecule has 0 saturated carbocycles. The van der Waals surface area contributed by atoms with Crippen molar-refractivity contribution in [1.82, 2.24) is 23.7 Å². The van der Waals surface area contributed by atoms with Crippen molar-refractivity contribution >= 4 is 60.7 Å². The van der Waals surface area contributed by atoms with E-state index in [2.05, 4.69) is 163 Å². The molecule has 1 atom stereocenters. The van der Waals surface area contributed by atoms with Crippen molar-refractivity contribution in [3.8, 4) is 27.9 Å². The molecule has 1 aliphatic carbocycles. The lowest BCUT2D eigenvalue weighted by Gasteiger charge is -2.25.